The summed E-state index contributed by atoms with van der Waals surface area (Å²) in [4.78, 5) is 10.9. The van der Waals surface area contributed by atoms with Gasteiger partial charge in [-0.25, -0.2) is 0 Å². The highest BCUT2D eigenvalue weighted by Gasteiger charge is 2.55. The van der Waals surface area contributed by atoms with Crippen molar-refractivity contribution in [3.63, 3.8) is 0 Å². The lowest BCUT2D eigenvalue weighted by molar-refractivity contribution is -0.190. The molecule has 3 fully saturated rings. The van der Waals surface area contributed by atoms with Crippen molar-refractivity contribution in [3.8, 4) is 0 Å². The van der Waals surface area contributed by atoms with Crippen molar-refractivity contribution in [2.45, 2.75) is 18.6 Å². The summed E-state index contributed by atoms with van der Waals surface area (Å²) in [5.41, 5.74) is 0.914. The topological polar surface area (TPSA) is 28.1 Å². The van der Waals surface area contributed by atoms with Crippen LogP contribution >= 0.6 is 11.3 Å². The van der Waals surface area contributed by atoms with Crippen molar-refractivity contribution < 1.29 is 4.84 Å². The Labute approximate surface area is 134 Å². The number of benzene rings is 1. The molecule has 1 unspecified atom stereocenters. The molecule has 4 aliphatic rings. The van der Waals surface area contributed by atoms with Crippen LogP contribution < -0.4 is 0 Å². The second-order valence-electron chi connectivity index (χ2n) is 6.63. The first-order valence-electron chi connectivity index (χ1n) is 7.96. The Morgan fingerprint density at radius 1 is 1.27 bits per heavy atom. The molecule has 0 radical (unpaired) electrons. The van der Waals surface area contributed by atoms with E-state index < -0.39 is 0 Å². The Morgan fingerprint density at radius 2 is 2.14 bits per heavy atom. The third-order valence-corrected chi connectivity index (χ3v) is 6.46. The Bertz CT molecular complexity index is 762. The third kappa shape index (κ3) is 1.64. The molecule has 0 saturated carbocycles. The van der Waals surface area contributed by atoms with Crippen LogP contribution in [0.15, 0.2) is 34.8 Å². The number of fused-ring (bicyclic) bond motifs is 3. The number of likely N-dealkylation sites (N-methyl/N-ethyl adjacent to an activating group) is 1. The summed E-state index contributed by atoms with van der Waals surface area (Å²) in [5, 5.41) is 7.92. The van der Waals surface area contributed by atoms with E-state index in [1.165, 1.54) is 36.0 Å². The number of amidine groups is 1. The van der Waals surface area contributed by atoms with Gasteiger partial charge in [0.15, 0.2) is 5.84 Å². The summed E-state index contributed by atoms with van der Waals surface area (Å²) in [5.74, 6) is 1.57. The van der Waals surface area contributed by atoms with E-state index >= 15 is 0 Å². The van der Waals surface area contributed by atoms with Crippen molar-refractivity contribution >= 4 is 27.3 Å². The molecule has 0 N–H and O–H groups in total. The standard InChI is InChI=1S/C17H19N3OS/c1-19-16(13-2-3-15-12(10-13)6-9-22-15)18-21-17(19)11-20-7-4-14(17)5-8-20/h2-3,6,9-10,14H,4-5,7-8,11H2,1H3. The molecule has 4 nitrogen and oxygen atoms in total. The van der Waals surface area contributed by atoms with Crippen molar-refractivity contribution in [2.75, 3.05) is 26.7 Å². The lowest BCUT2D eigenvalue weighted by Gasteiger charge is -2.52. The summed E-state index contributed by atoms with van der Waals surface area (Å²) >= 11 is 1.78. The zero-order valence-electron chi connectivity index (χ0n) is 12.7. The normalized spacial score (nSPS) is 33.5. The lowest BCUT2D eigenvalue weighted by Crippen LogP contribution is -2.65. The molecule has 0 amide bonds. The molecule has 6 rings (SSSR count). The molecule has 1 aromatic carbocycles. The van der Waals surface area contributed by atoms with Gasteiger partial charge >= 0.3 is 0 Å². The van der Waals surface area contributed by atoms with Gasteiger partial charge in [-0.2, -0.15) is 0 Å². The highest BCUT2D eigenvalue weighted by Crippen LogP contribution is 2.43. The van der Waals surface area contributed by atoms with Gasteiger partial charge in [-0.1, -0.05) is 5.16 Å². The molecule has 114 valence electrons. The molecule has 2 aromatic rings. The van der Waals surface area contributed by atoms with Crippen LogP contribution in [0.1, 0.15) is 18.4 Å². The summed E-state index contributed by atoms with van der Waals surface area (Å²) in [6.07, 6.45) is 2.44. The predicted molar refractivity (Wildman–Crippen MR) is 89.1 cm³/mol. The summed E-state index contributed by atoms with van der Waals surface area (Å²) in [7, 11) is 2.14. The number of piperidine rings is 3. The zero-order chi connectivity index (χ0) is 14.7. The number of thiophene rings is 1. The van der Waals surface area contributed by atoms with Crippen LogP contribution in [-0.2, 0) is 4.84 Å². The molecular weight excluding hydrogens is 294 g/mol. The van der Waals surface area contributed by atoms with Crippen LogP contribution in [0.25, 0.3) is 10.1 Å². The molecule has 2 bridgehead atoms. The number of oxime groups is 1. The third-order valence-electron chi connectivity index (χ3n) is 5.56. The van der Waals surface area contributed by atoms with E-state index in [0.29, 0.717) is 5.92 Å². The van der Waals surface area contributed by atoms with E-state index in [1.807, 2.05) is 0 Å². The summed E-state index contributed by atoms with van der Waals surface area (Å²) < 4.78 is 1.32. The highest BCUT2D eigenvalue weighted by molar-refractivity contribution is 7.17. The van der Waals surface area contributed by atoms with Crippen LogP contribution in [0.4, 0.5) is 0 Å². The second kappa shape index (κ2) is 4.46. The Morgan fingerprint density at radius 3 is 2.91 bits per heavy atom. The van der Waals surface area contributed by atoms with Crippen LogP contribution in [0.5, 0.6) is 0 Å². The molecule has 1 atom stereocenters. The molecule has 5 heteroatoms. The largest absolute Gasteiger partial charge is 0.363 e. The monoisotopic (exact) mass is 313 g/mol. The van der Waals surface area contributed by atoms with Crippen LogP contribution in [0.2, 0.25) is 0 Å². The lowest BCUT2D eigenvalue weighted by atomic mass is 9.80. The van der Waals surface area contributed by atoms with Gasteiger partial charge in [0, 0.05) is 23.2 Å². The van der Waals surface area contributed by atoms with Gasteiger partial charge in [-0.3, -0.25) is 4.90 Å². The van der Waals surface area contributed by atoms with Crippen molar-refractivity contribution in [1.29, 1.82) is 0 Å². The quantitative estimate of drug-likeness (QED) is 0.810. The molecule has 5 heterocycles. The number of hydrogen-bond donors (Lipinski definition) is 0. The van der Waals surface area contributed by atoms with Crippen LogP contribution in [0.3, 0.4) is 0 Å². The van der Waals surface area contributed by atoms with Gasteiger partial charge in [-0.15, -0.1) is 11.3 Å². The molecule has 22 heavy (non-hydrogen) atoms. The van der Waals surface area contributed by atoms with Crippen LogP contribution in [0, 0.1) is 5.92 Å². The molecule has 0 aliphatic carbocycles. The Hall–Kier alpha value is -1.59. The summed E-state index contributed by atoms with van der Waals surface area (Å²) in [6, 6.07) is 8.75. The van der Waals surface area contributed by atoms with E-state index in [-0.39, 0.29) is 5.72 Å². The van der Waals surface area contributed by atoms with Crippen molar-refractivity contribution in [1.82, 2.24) is 9.80 Å². The van der Waals surface area contributed by atoms with Gasteiger partial charge in [0.05, 0.1) is 6.54 Å². The fourth-order valence-electron chi connectivity index (χ4n) is 4.25. The molecule has 1 spiro atoms. The fourth-order valence-corrected chi connectivity index (χ4v) is 5.02. The van der Waals surface area contributed by atoms with Gasteiger partial charge in [0.25, 0.3) is 0 Å². The predicted octanol–water partition coefficient (Wildman–Crippen LogP) is 2.95. The molecule has 3 saturated heterocycles. The maximum Gasteiger partial charge on any atom is 0.226 e. The molecule has 1 aromatic heterocycles. The van der Waals surface area contributed by atoms with Gasteiger partial charge in [0.2, 0.25) is 5.72 Å². The van der Waals surface area contributed by atoms with E-state index in [1.54, 1.807) is 11.3 Å². The first kappa shape index (κ1) is 12.9. The molecular formula is C17H19N3OS. The van der Waals surface area contributed by atoms with Crippen molar-refractivity contribution in [2.24, 2.45) is 11.1 Å². The number of rotatable bonds is 1. The Kier molecular flexibility index (Phi) is 2.62. The first-order chi connectivity index (χ1) is 10.8. The highest BCUT2D eigenvalue weighted by atomic mass is 32.1. The van der Waals surface area contributed by atoms with Gasteiger partial charge < -0.3 is 9.74 Å². The van der Waals surface area contributed by atoms with E-state index in [9.17, 15) is 0 Å². The minimum Gasteiger partial charge on any atom is -0.363 e. The second-order valence-corrected chi connectivity index (χ2v) is 7.58. The van der Waals surface area contributed by atoms with Crippen LogP contribution in [-0.4, -0.2) is 48.0 Å². The Balaban J connectivity index is 1.51. The average Bonchev–Trinajstić information content (AvgIpc) is 3.14. The van der Waals surface area contributed by atoms with E-state index in [0.717, 1.165) is 17.9 Å². The van der Waals surface area contributed by atoms with Gasteiger partial charge in [-0.05, 0) is 61.0 Å². The first-order valence-corrected chi connectivity index (χ1v) is 8.84. The molecule has 4 aliphatic heterocycles. The van der Waals surface area contributed by atoms with E-state index in [4.69, 9.17) is 4.84 Å². The maximum absolute atomic E-state index is 6.06. The number of nitrogens with zero attached hydrogens (tertiary/aromatic N) is 3. The van der Waals surface area contributed by atoms with Crippen molar-refractivity contribution in [3.05, 3.63) is 35.2 Å². The van der Waals surface area contributed by atoms with Gasteiger partial charge in [0.1, 0.15) is 0 Å². The minimum absolute atomic E-state index is 0.241. The summed E-state index contributed by atoms with van der Waals surface area (Å²) in [6.45, 7) is 3.39. The SMILES string of the molecule is CN1C(c2ccc3sccc3c2)=NOC12CN1CCC2CC1. The average molecular weight is 313 g/mol. The zero-order valence-corrected chi connectivity index (χ0v) is 13.5. The maximum atomic E-state index is 6.06. The van der Waals surface area contributed by atoms with E-state index in [2.05, 4.69) is 51.6 Å². The number of hydrogen-bond acceptors (Lipinski definition) is 5. The smallest absolute Gasteiger partial charge is 0.226 e. The minimum atomic E-state index is -0.241. The fraction of sp³-hybridized carbons (Fsp3) is 0.471.